The lowest BCUT2D eigenvalue weighted by Crippen LogP contribution is -2.45. The molecule has 1 fully saturated rings. The SMILES string of the molecule is COc1cc(OC)c(C(c2ccco2)N2CCNCC2)cc1OC. The summed E-state index contributed by atoms with van der Waals surface area (Å²) in [6.07, 6.45) is 1.71. The molecule has 1 saturated heterocycles. The van der Waals surface area contributed by atoms with Gasteiger partial charge >= 0.3 is 0 Å². The molecule has 1 atom stereocenters. The molecular weight excluding hydrogens is 308 g/mol. The first-order valence-corrected chi connectivity index (χ1v) is 8.06. The van der Waals surface area contributed by atoms with Crippen molar-refractivity contribution < 1.29 is 18.6 Å². The van der Waals surface area contributed by atoms with Crippen LogP contribution in [-0.2, 0) is 0 Å². The first-order valence-electron chi connectivity index (χ1n) is 8.06. The van der Waals surface area contributed by atoms with Gasteiger partial charge in [-0.2, -0.15) is 0 Å². The fourth-order valence-corrected chi connectivity index (χ4v) is 3.18. The Balaban J connectivity index is 2.09. The highest BCUT2D eigenvalue weighted by Crippen LogP contribution is 2.41. The van der Waals surface area contributed by atoms with E-state index in [0.29, 0.717) is 11.5 Å². The van der Waals surface area contributed by atoms with Crippen molar-refractivity contribution in [3.63, 3.8) is 0 Å². The topological polar surface area (TPSA) is 56.1 Å². The highest BCUT2D eigenvalue weighted by atomic mass is 16.5. The molecule has 2 heterocycles. The zero-order chi connectivity index (χ0) is 16.9. The van der Waals surface area contributed by atoms with Gasteiger partial charge in [-0.3, -0.25) is 4.90 Å². The number of furan rings is 1. The predicted molar refractivity (Wildman–Crippen MR) is 91.1 cm³/mol. The Morgan fingerprint density at radius 3 is 2.25 bits per heavy atom. The standard InChI is InChI=1S/C18H24N2O4/c1-21-15-12-17(23-3)16(22-2)11-13(15)18(14-5-4-10-24-14)20-8-6-19-7-9-20/h4-5,10-12,18-19H,6-9H2,1-3H3. The molecule has 130 valence electrons. The van der Waals surface area contributed by atoms with Crippen LogP contribution in [0, 0.1) is 0 Å². The van der Waals surface area contributed by atoms with Crippen LogP contribution in [-0.4, -0.2) is 52.4 Å². The molecule has 0 spiro atoms. The zero-order valence-electron chi connectivity index (χ0n) is 14.4. The monoisotopic (exact) mass is 332 g/mol. The van der Waals surface area contributed by atoms with Gasteiger partial charge in [-0.05, 0) is 18.2 Å². The van der Waals surface area contributed by atoms with Gasteiger partial charge < -0.3 is 23.9 Å². The molecule has 6 heteroatoms. The van der Waals surface area contributed by atoms with Crippen LogP contribution in [0.2, 0.25) is 0 Å². The lowest BCUT2D eigenvalue weighted by atomic mass is 10.00. The Morgan fingerprint density at radius 1 is 1.00 bits per heavy atom. The first kappa shape index (κ1) is 16.7. The van der Waals surface area contributed by atoms with Crippen LogP contribution in [0.25, 0.3) is 0 Å². The molecule has 0 aliphatic carbocycles. The van der Waals surface area contributed by atoms with E-state index in [2.05, 4.69) is 10.2 Å². The van der Waals surface area contributed by atoms with Gasteiger partial charge in [0.25, 0.3) is 0 Å². The summed E-state index contributed by atoms with van der Waals surface area (Å²) >= 11 is 0. The van der Waals surface area contributed by atoms with E-state index in [4.69, 9.17) is 18.6 Å². The number of nitrogens with one attached hydrogen (secondary N) is 1. The van der Waals surface area contributed by atoms with Crippen LogP contribution < -0.4 is 19.5 Å². The Hall–Kier alpha value is -2.18. The number of methoxy groups -OCH3 is 3. The fraction of sp³-hybridized carbons (Fsp3) is 0.444. The van der Waals surface area contributed by atoms with Gasteiger partial charge in [-0.15, -0.1) is 0 Å². The van der Waals surface area contributed by atoms with Crippen molar-refractivity contribution >= 4 is 0 Å². The number of rotatable bonds is 6. The molecule has 1 unspecified atom stereocenters. The zero-order valence-corrected chi connectivity index (χ0v) is 14.4. The first-order chi connectivity index (χ1) is 11.8. The van der Waals surface area contributed by atoms with E-state index in [1.54, 1.807) is 27.6 Å². The molecule has 0 radical (unpaired) electrons. The molecule has 3 rings (SSSR count). The molecule has 0 bridgehead atoms. The van der Waals surface area contributed by atoms with E-state index in [9.17, 15) is 0 Å². The Morgan fingerprint density at radius 2 is 1.67 bits per heavy atom. The molecule has 0 saturated carbocycles. The smallest absolute Gasteiger partial charge is 0.164 e. The van der Waals surface area contributed by atoms with Crippen molar-refractivity contribution in [3.8, 4) is 17.2 Å². The fourth-order valence-electron chi connectivity index (χ4n) is 3.18. The third-order valence-corrected chi connectivity index (χ3v) is 4.36. The average molecular weight is 332 g/mol. The van der Waals surface area contributed by atoms with Crippen molar-refractivity contribution in [1.29, 1.82) is 0 Å². The summed E-state index contributed by atoms with van der Waals surface area (Å²) in [5, 5.41) is 3.39. The molecule has 1 aromatic heterocycles. The molecule has 24 heavy (non-hydrogen) atoms. The lowest BCUT2D eigenvalue weighted by molar-refractivity contribution is 0.177. The van der Waals surface area contributed by atoms with Crippen LogP contribution in [0.1, 0.15) is 17.4 Å². The van der Waals surface area contributed by atoms with Crippen LogP contribution in [0.15, 0.2) is 34.9 Å². The number of nitrogens with zero attached hydrogens (tertiary/aromatic N) is 1. The van der Waals surface area contributed by atoms with Gasteiger partial charge in [0.2, 0.25) is 0 Å². The maximum atomic E-state index is 5.74. The molecule has 1 aromatic carbocycles. The van der Waals surface area contributed by atoms with E-state index in [0.717, 1.165) is 43.3 Å². The second kappa shape index (κ2) is 7.59. The van der Waals surface area contributed by atoms with E-state index >= 15 is 0 Å². The van der Waals surface area contributed by atoms with Crippen LogP contribution in [0.5, 0.6) is 17.2 Å². The van der Waals surface area contributed by atoms with Gasteiger partial charge in [0.05, 0.1) is 33.6 Å². The van der Waals surface area contributed by atoms with E-state index in [1.165, 1.54) is 0 Å². The van der Waals surface area contributed by atoms with Crippen LogP contribution in [0.4, 0.5) is 0 Å². The summed E-state index contributed by atoms with van der Waals surface area (Å²) < 4.78 is 22.3. The molecule has 1 aliphatic heterocycles. The summed E-state index contributed by atoms with van der Waals surface area (Å²) in [6.45, 7) is 3.77. The summed E-state index contributed by atoms with van der Waals surface area (Å²) in [5.41, 5.74) is 1.01. The van der Waals surface area contributed by atoms with Crippen molar-refractivity contribution in [1.82, 2.24) is 10.2 Å². The third-order valence-electron chi connectivity index (χ3n) is 4.36. The molecule has 2 aromatic rings. The van der Waals surface area contributed by atoms with E-state index < -0.39 is 0 Å². The van der Waals surface area contributed by atoms with Gasteiger partial charge in [0.1, 0.15) is 11.5 Å². The summed E-state index contributed by atoms with van der Waals surface area (Å²) in [7, 11) is 4.93. The number of benzene rings is 1. The molecular formula is C18H24N2O4. The number of piperazine rings is 1. The molecule has 1 N–H and O–H groups in total. The van der Waals surface area contributed by atoms with Crippen molar-refractivity contribution in [3.05, 3.63) is 41.9 Å². The van der Waals surface area contributed by atoms with Crippen molar-refractivity contribution in [2.45, 2.75) is 6.04 Å². The van der Waals surface area contributed by atoms with Crippen molar-refractivity contribution in [2.24, 2.45) is 0 Å². The Labute approximate surface area is 142 Å². The summed E-state index contributed by atoms with van der Waals surface area (Å²) in [6, 6.07) is 7.73. The highest BCUT2D eigenvalue weighted by Gasteiger charge is 2.30. The second-order valence-electron chi connectivity index (χ2n) is 5.65. The van der Waals surface area contributed by atoms with E-state index in [-0.39, 0.29) is 6.04 Å². The lowest BCUT2D eigenvalue weighted by Gasteiger charge is -2.34. The van der Waals surface area contributed by atoms with E-state index in [1.807, 2.05) is 24.3 Å². The minimum Gasteiger partial charge on any atom is -0.496 e. The van der Waals surface area contributed by atoms with Gasteiger partial charge in [0, 0.05) is 37.8 Å². The minimum absolute atomic E-state index is 0.0307. The number of hydrogen-bond donors (Lipinski definition) is 1. The van der Waals surface area contributed by atoms with Gasteiger partial charge in [-0.25, -0.2) is 0 Å². The Kier molecular flexibility index (Phi) is 5.27. The largest absolute Gasteiger partial charge is 0.496 e. The number of ether oxygens (including phenoxy) is 3. The second-order valence-corrected chi connectivity index (χ2v) is 5.65. The van der Waals surface area contributed by atoms with Gasteiger partial charge in [-0.1, -0.05) is 0 Å². The average Bonchev–Trinajstić information content (AvgIpc) is 3.16. The van der Waals surface area contributed by atoms with Crippen LogP contribution >= 0.6 is 0 Å². The van der Waals surface area contributed by atoms with Gasteiger partial charge in [0.15, 0.2) is 11.5 Å². The maximum absolute atomic E-state index is 5.74. The molecule has 0 amide bonds. The predicted octanol–water partition coefficient (Wildman–Crippen LogP) is 2.30. The van der Waals surface area contributed by atoms with Crippen molar-refractivity contribution in [2.75, 3.05) is 47.5 Å². The molecule has 1 aliphatic rings. The summed E-state index contributed by atoms with van der Waals surface area (Å²) in [4.78, 5) is 2.39. The summed E-state index contributed by atoms with van der Waals surface area (Å²) in [5.74, 6) is 2.98. The number of hydrogen-bond acceptors (Lipinski definition) is 6. The normalized spacial score (nSPS) is 16.6. The highest BCUT2D eigenvalue weighted by molar-refractivity contribution is 5.53. The molecule has 6 nitrogen and oxygen atoms in total. The minimum atomic E-state index is -0.0307. The van der Waals surface area contributed by atoms with Crippen LogP contribution in [0.3, 0.4) is 0 Å². The Bertz CT molecular complexity index is 651. The maximum Gasteiger partial charge on any atom is 0.164 e. The quantitative estimate of drug-likeness (QED) is 0.876. The third kappa shape index (κ3) is 3.20.